The van der Waals surface area contributed by atoms with E-state index < -0.39 is 18.1 Å². The van der Waals surface area contributed by atoms with Gasteiger partial charge in [0.15, 0.2) is 0 Å². The molecule has 0 bridgehead atoms. The first-order valence-corrected chi connectivity index (χ1v) is 6.29. The van der Waals surface area contributed by atoms with Crippen LogP contribution in [0.1, 0.15) is 19.8 Å². The number of amides is 1. The fourth-order valence-corrected chi connectivity index (χ4v) is 2.75. The van der Waals surface area contributed by atoms with E-state index >= 15 is 0 Å². The van der Waals surface area contributed by atoms with Crippen molar-refractivity contribution in [2.24, 2.45) is 11.8 Å². The normalized spacial score (nSPS) is 36.7. The second-order valence-corrected chi connectivity index (χ2v) is 5.18. The van der Waals surface area contributed by atoms with Gasteiger partial charge >= 0.3 is 5.97 Å². The van der Waals surface area contributed by atoms with Crippen molar-refractivity contribution >= 4 is 11.9 Å². The number of rotatable bonds is 2. The molecule has 2 aliphatic heterocycles. The topological polar surface area (TPSA) is 87.1 Å². The van der Waals surface area contributed by atoms with E-state index in [-0.39, 0.29) is 30.7 Å². The van der Waals surface area contributed by atoms with Gasteiger partial charge in [-0.25, -0.2) is 4.79 Å². The Morgan fingerprint density at radius 2 is 2.11 bits per heavy atom. The fraction of sp³-hybridized carbons (Fsp3) is 0.833. The zero-order valence-electron chi connectivity index (χ0n) is 10.4. The number of likely N-dealkylation sites (tertiary alicyclic amines) is 1. The van der Waals surface area contributed by atoms with Crippen LogP contribution in [0.15, 0.2) is 0 Å². The van der Waals surface area contributed by atoms with E-state index in [0.717, 1.165) is 0 Å². The Kier molecular flexibility index (Phi) is 3.87. The van der Waals surface area contributed by atoms with Gasteiger partial charge in [-0.15, -0.1) is 0 Å². The molecule has 2 fully saturated rings. The molecule has 2 N–H and O–H groups in total. The van der Waals surface area contributed by atoms with Crippen LogP contribution in [0.25, 0.3) is 0 Å². The van der Waals surface area contributed by atoms with Crippen LogP contribution >= 0.6 is 0 Å². The van der Waals surface area contributed by atoms with Crippen LogP contribution in [0.5, 0.6) is 0 Å². The molecular formula is C12H19NO5. The van der Waals surface area contributed by atoms with Gasteiger partial charge in [0.2, 0.25) is 5.91 Å². The number of aliphatic hydroxyl groups excluding tert-OH is 1. The predicted molar refractivity (Wildman–Crippen MR) is 61.9 cm³/mol. The lowest BCUT2D eigenvalue weighted by atomic mass is 9.88. The number of aliphatic hydroxyl groups is 1. The minimum Gasteiger partial charge on any atom is -0.480 e. The molecule has 102 valence electrons. The van der Waals surface area contributed by atoms with E-state index in [2.05, 4.69) is 0 Å². The van der Waals surface area contributed by atoms with Gasteiger partial charge in [0.25, 0.3) is 0 Å². The first-order valence-electron chi connectivity index (χ1n) is 6.29. The van der Waals surface area contributed by atoms with Crippen LogP contribution in [-0.4, -0.2) is 58.9 Å². The van der Waals surface area contributed by atoms with E-state index in [1.54, 1.807) is 0 Å². The third-order valence-corrected chi connectivity index (χ3v) is 3.81. The number of aliphatic carboxylic acids is 1. The average Bonchev–Trinajstić information content (AvgIpc) is 2.71. The maximum Gasteiger partial charge on any atom is 0.326 e. The molecule has 0 spiro atoms. The molecule has 0 saturated carbocycles. The second kappa shape index (κ2) is 5.24. The zero-order chi connectivity index (χ0) is 13.3. The van der Waals surface area contributed by atoms with Crippen LogP contribution in [0.4, 0.5) is 0 Å². The third-order valence-electron chi connectivity index (χ3n) is 3.81. The molecule has 0 aliphatic carbocycles. The smallest absolute Gasteiger partial charge is 0.326 e. The van der Waals surface area contributed by atoms with E-state index in [1.807, 2.05) is 6.92 Å². The van der Waals surface area contributed by atoms with Crippen LogP contribution in [0, 0.1) is 11.8 Å². The Hall–Kier alpha value is -1.14. The lowest BCUT2D eigenvalue weighted by Gasteiger charge is -2.32. The van der Waals surface area contributed by atoms with Gasteiger partial charge in [-0.1, -0.05) is 6.92 Å². The molecule has 2 unspecified atom stereocenters. The summed E-state index contributed by atoms with van der Waals surface area (Å²) in [6.45, 7) is 3.13. The van der Waals surface area contributed by atoms with Crippen molar-refractivity contribution in [3.05, 3.63) is 0 Å². The number of nitrogens with zero attached hydrogens (tertiary/aromatic N) is 1. The number of carbonyl (C=O) groups is 2. The summed E-state index contributed by atoms with van der Waals surface area (Å²) >= 11 is 0. The quantitative estimate of drug-likeness (QED) is 0.709. The molecule has 4 atom stereocenters. The molecule has 1 amide bonds. The van der Waals surface area contributed by atoms with Gasteiger partial charge in [0, 0.05) is 32.1 Å². The SMILES string of the molecule is CC1COCCC1C(=O)N1C[C@@H](O)C[C@H]1C(=O)O. The molecule has 2 saturated heterocycles. The number of hydrogen-bond acceptors (Lipinski definition) is 4. The molecule has 2 aliphatic rings. The zero-order valence-corrected chi connectivity index (χ0v) is 10.4. The Morgan fingerprint density at radius 3 is 2.72 bits per heavy atom. The fourth-order valence-electron chi connectivity index (χ4n) is 2.75. The summed E-state index contributed by atoms with van der Waals surface area (Å²) in [6.07, 6.45) is 0.0163. The predicted octanol–water partition coefficient (Wildman–Crippen LogP) is -0.295. The minimum absolute atomic E-state index is 0.0958. The Labute approximate surface area is 106 Å². The molecule has 0 aromatic rings. The molecule has 2 rings (SSSR count). The van der Waals surface area contributed by atoms with E-state index in [4.69, 9.17) is 9.84 Å². The van der Waals surface area contributed by atoms with E-state index in [0.29, 0.717) is 19.6 Å². The number of hydrogen-bond donors (Lipinski definition) is 2. The maximum absolute atomic E-state index is 12.4. The van der Waals surface area contributed by atoms with Crippen molar-refractivity contribution in [3.8, 4) is 0 Å². The van der Waals surface area contributed by atoms with Crippen molar-refractivity contribution in [2.45, 2.75) is 31.9 Å². The monoisotopic (exact) mass is 257 g/mol. The number of β-amino-alcohol motifs (C(OH)–C–C–N with tert-alkyl or cyclic N) is 1. The first kappa shape index (κ1) is 13.3. The lowest BCUT2D eigenvalue weighted by molar-refractivity contribution is -0.152. The van der Waals surface area contributed by atoms with Crippen LogP contribution in [0.2, 0.25) is 0 Å². The highest BCUT2D eigenvalue weighted by atomic mass is 16.5. The van der Waals surface area contributed by atoms with Crippen molar-refractivity contribution in [1.82, 2.24) is 4.90 Å². The molecule has 6 nitrogen and oxygen atoms in total. The van der Waals surface area contributed by atoms with Crippen LogP contribution in [0.3, 0.4) is 0 Å². The summed E-state index contributed by atoms with van der Waals surface area (Å²) in [7, 11) is 0. The van der Waals surface area contributed by atoms with Gasteiger partial charge in [-0.3, -0.25) is 4.79 Å². The van der Waals surface area contributed by atoms with Crippen molar-refractivity contribution < 1.29 is 24.5 Å². The molecule has 0 aromatic carbocycles. The van der Waals surface area contributed by atoms with Gasteiger partial charge in [0.1, 0.15) is 6.04 Å². The molecular weight excluding hydrogens is 238 g/mol. The summed E-state index contributed by atoms with van der Waals surface area (Å²) in [6, 6.07) is -0.887. The van der Waals surface area contributed by atoms with Crippen molar-refractivity contribution in [2.75, 3.05) is 19.8 Å². The number of carboxylic acid groups (broad SMARTS) is 1. The largest absolute Gasteiger partial charge is 0.480 e. The first-order chi connectivity index (χ1) is 8.50. The van der Waals surface area contributed by atoms with Gasteiger partial charge < -0.3 is 19.8 Å². The summed E-state index contributed by atoms with van der Waals surface area (Å²) < 4.78 is 5.28. The summed E-state index contributed by atoms with van der Waals surface area (Å²) in [4.78, 5) is 24.8. The summed E-state index contributed by atoms with van der Waals surface area (Å²) in [5, 5.41) is 18.6. The molecule has 0 aromatic heterocycles. The minimum atomic E-state index is -1.04. The maximum atomic E-state index is 12.4. The Bertz CT molecular complexity index is 345. The lowest BCUT2D eigenvalue weighted by Crippen LogP contribution is -2.47. The Balaban J connectivity index is 2.09. The Morgan fingerprint density at radius 1 is 1.39 bits per heavy atom. The molecule has 18 heavy (non-hydrogen) atoms. The molecule has 0 radical (unpaired) electrons. The van der Waals surface area contributed by atoms with Gasteiger partial charge in [0.05, 0.1) is 6.10 Å². The average molecular weight is 257 g/mol. The highest BCUT2D eigenvalue weighted by molar-refractivity contribution is 5.86. The highest BCUT2D eigenvalue weighted by Gasteiger charge is 2.42. The van der Waals surface area contributed by atoms with E-state index in [9.17, 15) is 14.7 Å². The summed E-state index contributed by atoms with van der Waals surface area (Å²) in [5.41, 5.74) is 0. The number of carboxylic acids is 1. The number of carbonyl (C=O) groups excluding carboxylic acids is 1. The van der Waals surface area contributed by atoms with E-state index in [1.165, 1.54) is 4.90 Å². The van der Waals surface area contributed by atoms with Crippen molar-refractivity contribution in [1.29, 1.82) is 0 Å². The highest BCUT2D eigenvalue weighted by Crippen LogP contribution is 2.28. The van der Waals surface area contributed by atoms with Gasteiger partial charge in [-0.2, -0.15) is 0 Å². The number of ether oxygens (including phenoxy) is 1. The van der Waals surface area contributed by atoms with Gasteiger partial charge in [-0.05, 0) is 12.3 Å². The molecule has 2 heterocycles. The van der Waals surface area contributed by atoms with Crippen LogP contribution in [-0.2, 0) is 14.3 Å². The van der Waals surface area contributed by atoms with Crippen LogP contribution < -0.4 is 0 Å². The third kappa shape index (κ3) is 2.49. The standard InChI is InChI=1S/C12H19NO5/c1-7-6-18-3-2-9(7)11(15)13-5-8(14)4-10(13)12(16)17/h7-10,14H,2-6H2,1H3,(H,16,17)/t7?,8-,9?,10-/m0/s1. The summed E-state index contributed by atoms with van der Waals surface area (Å²) in [5.74, 6) is -1.29. The molecule has 6 heteroatoms. The van der Waals surface area contributed by atoms with Crippen molar-refractivity contribution in [3.63, 3.8) is 0 Å². The second-order valence-electron chi connectivity index (χ2n) is 5.18.